The van der Waals surface area contributed by atoms with Crippen molar-refractivity contribution in [2.75, 3.05) is 13.2 Å². The van der Waals surface area contributed by atoms with Gasteiger partial charge in [0.05, 0.1) is 29.9 Å². The van der Waals surface area contributed by atoms with Crippen LogP contribution in [-0.2, 0) is 6.42 Å². The van der Waals surface area contributed by atoms with Gasteiger partial charge < -0.3 is 9.47 Å². The van der Waals surface area contributed by atoms with Crippen molar-refractivity contribution in [3.05, 3.63) is 58.6 Å². The van der Waals surface area contributed by atoms with Crippen molar-refractivity contribution in [2.24, 2.45) is 0 Å². The summed E-state index contributed by atoms with van der Waals surface area (Å²) in [5.41, 5.74) is 1.65. The second-order valence-corrected chi connectivity index (χ2v) is 4.82. The average Bonchev–Trinajstić information content (AvgIpc) is 2.51. The molecule has 0 N–H and O–H groups in total. The molecular weight excluding hydrogens is 286 g/mol. The zero-order valence-corrected chi connectivity index (χ0v) is 12.6. The Balaban J connectivity index is 2.10. The normalized spacial score (nSPS) is 9.95. The summed E-state index contributed by atoms with van der Waals surface area (Å²) >= 11 is 6.17. The maximum Gasteiger partial charge on any atom is 0.179 e. The Hall–Kier alpha value is -2.18. The van der Waals surface area contributed by atoms with Crippen molar-refractivity contribution in [1.29, 1.82) is 5.26 Å². The third-order valence-corrected chi connectivity index (χ3v) is 3.20. The molecule has 108 valence electrons. The molecule has 0 unspecified atom stereocenters. The van der Waals surface area contributed by atoms with Crippen LogP contribution in [0, 0.1) is 11.3 Å². The third-order valence-electron chi connectivity index (χ3n) is 2.92. The molecule has 0 atom stereocenters. The summed E-state index contributed by atoms with van der Waals surface area (Å²) in [4.78, 5) is 0. The molecule has 0 aliphatic heterocycles. The van der Waals surface area contributed by atoms with Crippen LogP contribution in [0.25, 0.3) is 0 Å². The Morgan fingerprint density at radius 2 is 1.90 bits per heavy atom. The van der Waals surface area contributed by atoms with E-state index >= 15 is 0 Å². The Labute approximate surface area is 129 Å². The van der Waals surface area contributed by atoms with Gasteiger partial charge in [0.2, 0.25) is 0 Å². The van der Waals surface area contributed by atoms with Crippen LogP contribution in [0.5, 0.6) is 11.5 Å². The second-order valence-electron chi connectivity index (χ2n) is 4.41. The molecule has 0 aliphatic rings. The number of halogens is 1. The quantitative estimate of drug-likeness (QED) is 0.801. The van der Waals surface area contributed by atoms with Gasteiger partial charge in [0.1, 0.15) is 0 Å². The summed E-state index contributed by atoms with van der Waals surface area (Å²) in [6.07, 6.45) is 0.780. The number of hydrogen-bond acceptors (Lipinski definition) is 3. The number of nitriles is 1. The molecule has 0 heterocycles. The van der Waals surface area contributed by atoms with E-state index in [0.29, 0.717) is 35.3 Å². The monoisotopic (exact) mass is 301 g/mol. The standard InChI is InChI=1S/C17H16ClNO2/c1-2-20-16-11-14(12-19)10-15(18)17(16)21-9-8-13-6-4-3-5-7-13/h3-7,10-11H,2,8-9H2,1H3. The molecule has 0 saturated heterocycles. The molecule has 21 heavy (non-hydrogen) atoms. The van der Waals surface area contributed by atoms with E-state index in [1.807, 2.05) is 37.3 Å². The SMILES string of the molecule is CCOc1cc(C#N)cc(Cl)c1OCCc1ccccc1. The first-order chi connectivity index (χ1) is 10.2. The van der Waals surface area contributed by atoms with Gasteiger partial charge in [0.25, 0.3) is 0 Å². The molecule has 0 radical (unpaired) electrons. The van der Waals surface area contributed by atoms with Crippen LogP contribution in [0.15, 0.2) is 42.5 Å². The zero-order valence-electron chi connectivity index (χ0n) is 11.8. The predicted octanol–water partition coefficient (Wildman–Crippen LogP) is 4.23. The lowest BCUT2D eigenvalue weighted by molar-refractivity contribution is 0.279. The largest absolute Gasteiger partial charge is 0.490 e. The molecule has 4 heteroatoms. The highest BCUT2D eigenvalue weighted by molar-refractivity contribution is 6.32. The molecule has 2 rings (SSSR count). The number of nitrogens with zero attached hydrogens (tertiary/aromatic N) is 1. The lowest BCUT2D eigenvalue weighted by Crippen LogP contribution is -2.04. The summed E-state index contributed by atoms with van der Waals surface area (Å²) in [6.45, 7) is 2.86. The van der Waals surface area contributed by atoms with E-state index in [4.69, 9.17) is 26.3 Å². The van der Waals surface area contributed by atoms with Crippen LogP contribution in [-0.4, -0.2) is 13.2 Å². The van der Waals surface area contributed by atoms with E-state index in [2.05, 4.69) is 6.07 Å². The minimum Gasteiger partial charge on any atom is -0.490 e. The molecule has 0 bridgehead atoms. The topological polar surface area (TPSA) is 42.2 Å². The number of ether oxygens (including phenoxy) is 2. The summed E-state index contributed by atoms with van der Waals surface area (Å²) in [6, 6.07) is 15.4. The Kier molecular flexibility index (Phi) is 5.48. The Morgan fingerprint density at radius 1 is 1.14 bits per heavy atom. The summed E-state index contributed by atoms with van der Waals surface area (Å²) in [5.74, 6) is 1.00. The van der Waals surface area contributed by atoms with Crippen LogP contribution in [0.4, 0.5) is 0 Å². The van der Waals surface area contributed by atoms with Gasteiger partial charge in [-0.2, -0.15) is 5.26 Å². The third kappa shape index (κ3) is 4.14. The Morgan fingerprint density at radius 3 is 2.57 bits per heavy atom. The minimum absolute atomic E-state index is 0.394. The van der Waals surface area contributed by atoms with Crippen LogP contribution in [0.3, 0.4) is 0 Å². The first-order valence-corrected chi connectivity index (χ1v) is 7.15. The molecule has 3 nitrogen and oxygen atoms in total. The highest BCUT2D eigenvalue weighted by Gasteiger charge is 2.12. The predicted molar refractivity (Wildman–Crippen MR) is 83.0 cm³/mol. The lowest BCUT2D eigenvalue weighted by atomic mass is 10.2. The smallest absolute Gasteiger partial charge is 0.179 e. The minimum atomic E-state index is 0.394. The van der Waals surface area contributed by atoms with E-state index in [0.717, 1.165) is 6.42 Å². The molecular formula is C17H16ClNO2. The van der Waals surface area contributed by atoms with Gasteiger partial charge in [-0.25, -0.2) is 0 Å². The van der Waals surface area contributed by atoms with E-state index < -0.39 is 0 Å². The molecule has 0 fully saturated rings. The molecule has 2 aromatic carbocycles. The van der Waals surface area contributed by atoms with Crippen molar-refractivity contribution < 1.29 is 9.47 Å². The van der Waals surface area contributed by atoms with Gasteiger partial charge in [0, 0.05) is 12.5 Å². The van der Waals surface area contributed by atoms with Crippen molar-refractivity contribution in [1.82, 2.24) is 0 Å². The van der Waals surface area contributed by atoms with Gasteiger partial charge in [0.15, 0.2) is 11.5 Å². The van der Waals surface area contributed by atoms with Gasteiger partial charge in [-0.3, -0.25) is 0 Å². The maximum atomic E-state index is 8.97. The number of benzene rings is 2. The average molecular weight is 302 g/mol. The van der Waals surface area contributed by atoms with Crippen molar-refractivity contribution in [2.45, 2.75) is 13.3 Å². The van der Waals surface area contributed by atoms with E-state index in [-0.39, 0.29) is 0 Å². The van der Waals surface area contributed by atoms with Crippen molar-refractivity contribution >= 4 is 11.6 Å². The van der Waals surface area contributed by atoms with Crippen LogP contribution in [0.2, 0.25) is 5.02 Å². The molecule has 0 aromatic heterocycles. The van der Waals surface area contributed by atoms with E-state index in [1.165, 1.54) is 5.56 Å². The fourth-order valence-electron chi connectivity index (χ4n) is 1.95. The van der Waals surface area contributed by atoms with Crippen LogP contribution in [0.1, 0.15) is 18.1 Å². The highest BCUT2D eigenvalue weighted by atomic mass is 35.5. The second kappa shape index (κ2) is 7.56. The van der Waals surface area contributed by atoms with Crippen LogP contribution >= 0.6 is 11.6 Å². The van der Waals surface area contributed by atoms with E-state index in [9.17, 15) is 0 Å². The van der Waals surface area contributed by atoms with Gasteiger partial charge in [-0.1, -0.05) is 41.9 Å². The van der Waals surface area contributed by atoms with Gasteiger partial charge in [-0.05, 0) is 18.6 Å². The zero-order chi connectivity index (χ0) is 15.1. The fraction of sp³-hybridized carbons (Fsp3) is 0.235. The Bertz CT molecular complexity index is 635. The molecule has 2 aromatic rings. The van der Waals surface area contributed by atoms with E-state index in [1.54, 1.807) is 12.1 Å². The maximum absolute atomic E-state index is 8.97. The number of rotatable bonds is 6. The van der Waals surface area contributed by atoms with Crippen molar-refractivity contribution in [3.63, 3.8) is 0 Å². The van der Waals surface area contributed by atoms with Gasteiger partial charge >= 0.3 is 0 Å². The molecule has 0 amide bonds. The van der Waals surface area contributed by atoms with Crippen LogP contribution < -0.4 is 9.47 Å². The molecule has 0 saturated carbocycles. The first-order valence-electron chi connectivity index (χ1n) is 6.77. The number of hydrogen-bond donors (Lipinski definition) is 0. The molecule has 0 spiro atoms. The van der Waals surface area contributed by atoms with Crippen molar-refractivity contribution in [3.8, 4) is 17.6 Å². The lowest BCUT2D eigenvalue weighted by Gasteiger charge is -2.14. The van der Waals surface area contributed by atoms with Gasteiger partial charge in [-0.15, -0.1) is 0 Å². The fourth-order valence-corrected chi connectivity index (χ4v) is 2.22. The molecule has 0 aliphatic carbocycles. The highest BCUT2D eigenvalue weighted by Crippen LogP contribution is 2.36. The summed E-state index contributed by atoms with van der Waals surface area (Å²) in [5, 5.41) is 9.36. The first kappa shape index (κ1) is 15.2. The summed E-state index contributed by atoms with van der Waals surface area (Å²) in [7, 11) is 0. The summed E-state index contributed by atoms with van der Waals surface area (Å²) < 4.78 is 11.3.